The van der Waals surface area contributed by atoms with Gasteiger partial charge < -0.3 is 5.32 Å². The maximum atomic E-state index is 3.58. The number of hydrogen-bond donors (Lipinski definition) is 1. The molecule has 0 saturated heterocycles. The lowest BCUT2D eigenvalue weighted by Gasteiger charge is -2.11. The van der Waals surface area contributed by atoms with Crippen molar-refractivity contribution in [3.8, 4) is 0 Å². The second kappa shape index (κ2) is 5.68. The third-order valence-corrected chi connectivity index (χ3v) is 3.67. The van der Waals surface area contributed by atoms with E-state index in [1.807, 2.05) is 0 Å². The van der Waals surface area contributed by atoms with Crippen molar-refractivity contribution in [2.45, 2.75) is 58.4 Å². The van der Waals surface area contributed by atoms with Gasteiger partial charge in [0.25, 0.3) is 0 Å². The highest BCUT2D eigenvalue weighted by Crippen LogP contribution is 2.20. The lowest BCUT2D eigenvalue weighted by atomic mass is 9.95. The van der Waals surface area contributed by atoms with Gasteiger partial charge in [0.1, 0.15) is 0 Å². The molecule has 1 aromatic rings. The van der Waals surface area contributed by atoms with Crippen molar-refractivity contribution in [3.05, 3.63) is 34.9 Å². The van der Waals surface area contributed by atoms with Gasteiger partial charge >= 0.3 is 0 Å². The highest BCUT2D eigenvalue weighted by Gasteiger charge is 2.19. The zero-order valence-electron chi connectivity index (χ0n) is 11.4. The Hall–Kier alpha value is -0.820. The monoisotopic (exact) mass is 231 g/mol. The van der Waals surface area contributed by atoms with E-state index in [9.17, 15) is 0 Å². The van der Waals surface area contributed by atoms with Gasteiger partial charge in [-0.15, -0.1) is 0 Å². The van der Waals surface area contributed by atoms with Crippen molar-refractivity contribution in [3.63, 3.8) is 0 Å². The number of hydrogen-bond acceptors (Lipinski definition) is 1. The highest BCUT2D eigenvalue weighted by atomic mass is 14.9. The summed E-state index contributed by atoms with van der Waals surface area (Å²) in [4.78, 5) is 0. The largest absolute Gasteiger partial charge is 0.314 e. The summed E-state index contributed by atoms with van der Waals surface area (Å²) in [6.45, 7) is 7.94. The van der Waals surface area contributed by atoms with Crippen LogP contribution in [0.15, 0.2) is 18.2 Å². The van der Waals surface area contributed by atoms with Crippen LogP contribution in [0.5, 0.6) is 0 Å². The first kappa shape index (κ1) is 12.6. The maximum absolute atomic E-state index is 3.58. The number of aryl methyl sites for hydroxylation is 2. The van der Waals surface area contributed by atoms with Crippen molar-refractivity contribution < 1.29 is 0 Å². The van der Waals surface area contributed by atoms with Crippen LogP contribution in [0.4, 0.5) is 0 Å². The van der Waals surface area contributed by atoms with Crippen molar-refractivity contribution in [2.24, 2.45) is 0 Å². The van der Waals surface area contributed by atoms with E-state index in [0.29, 0.717) is 5.92 Å². The van der Waals surface area contributed by atoms with E-state index >= 15 is 0 Å². The van der Waals surface area contributed by atoms with Gasteiger partial charge in [-0.25, -0.2) is 0 Å². The van der Waals surface area contributed by atoms with Gasteiger partial charge in [0, 0.05) is 6.04 Å². The Balaban J connectivity index is 1.86. The molecule has 1 aromatic carbocycles. The molecule has 1 aliphatic rings. The minimum atomic E-state index is 0.638. The first-order valence-electron chi connectivity index (χ1n) is 6.99. The molecule has 94 valence electrons. The summed E-state index contributed by atoms with van der Waals surface area (Å²) in [6, 6.07) is 7.79. The van der Waals surface area contributed by atoms with Crippen LogP contribution in [0.2, 0.25) is 0 Å². The minimum absolute atomic E-state index is 0.638. The summed E-state index contributed by atoms with van der Waals surface area (Å²) in [5, 5.41) is 3.58. The van der Waals surface area contributed by atoms with Gasteiger partial charge in [-0.05, 0) is 61.8 Å². The number of nitrogens with one attached hydrogen (secondary N) is 1. The van der Waals surface area contributed by atoms with Crippen LogP contribution in [0.25, 0.3) is 0 Å². The van der Waals surface area contributed by atoms with Crippen LogP contribution in [-0.2, 0) is 6.42 Å². The lowest BCUT2D eigenvalue weighted by Crippen LogP contribution is -2.18. The molecule has 0 radical (unpaired) electrons. The van der Waals surface area contributed by atoms with Gasteiger partial charge in [-0.2, -0.15) is 0 Å². The van der Waals surface area contributed by atoms with Crippen LogP contribution in [0, 0.1) is 6.92 Å². The summed E-state index contributed by atoms with van der Waals surface area (Å²) in [7, 11) is 0. The van der Waals surface area contributed by atoms with Crippen molar-refractivity contribution in [2.75, 3.05) is 6.54 Å². The summed E-state index contributed by atoms with van der Waals surface area (Å²) < 4.78 is 0. The second-order valence-electron chi connectivity index (χ2n) is 5.67. The quantitative estimate of drug-likeness (QED) is 0.734. The van der Waals surface area contributed by atoms with Crippen molar-refractivity contribution in [1.29, 1.82) is 0 Å². The lowest BCUT2D eigenvalue weighted by molar-refractivity contribution is 0.644. The average molecular weight is 231 g/mol. The fourth-order valence-electron chi connectivity index (χ4n) is 2.19. The van der Waals surface area contributed by atoms with Crippen LogP contribution in [0.3, 0.4) is 0 Å². The molecule has 1 nitrogen and oxygen atoms in total. The highest BCUT2D eigenvalue weighted by molar-refractivity contribution is 5.32. The summed E-state index contributed by atoms with van der Waals surface area (Å²) in [5.74, 6) is 0.638. The van der Waals surface area contributed by atoms with Crippen LogP contribution in [-0.4, -0.2) is 12.6 Å². The molecular weight excluding hydrogens is 206 g/mol. The minimum Gasteiger partial charge on any atom is -0.314 e. The normalized spacial score (nSPS) is 15.5. The van der Waals surface area contributed by atoms with Crippen molar-refractivity contribution >= 4 is 0 Å². The third-order valence-electron chi connectivity index (χ3n) is 3.67. The predicted octanol–water partition coefficient (Wildman–Crippen LogP) is 3.80. The molecule has 0 unspecified atom stereocenters. The molecule has 1 aliphatic carbocycles. The van der Waals surface area contributed by atoms with Crippen molar-refractivity contribution in [1.82, 2.24) is 5.32 Å². The zero-order chi connectivity index (χ0) is 12.3. The van der Waals surface area contributed by atoms with E-state index < -0.39 is 0 Å². The molecule has 2 rings (SSSR count). The second-order valence-corrected chi connectivity index (χ2v) is 5.67. The Morgan fingerprint density at radius 1 is 1.29 bits per heavy atom. The zero-order valence-corrected chi connectivity index (χ0v) is 11.4. The molecule has 1 heteroatoms. The van der Waals surface area contributed by atoms with Crippen LogP contribution < -0.4 is 5.32 Å². The fraction of sp³-hybridized carbons (Fsp3) is 0.625. The summed E-state index contributed by atoms with van der Waals surface area (Å²) in [5.41, 5.74) is 4.45. The molecule has 0 bridgehead atoms. The van der Waals surface area contributed by atoms with E-state index in [4.69, 9.17) is 0 Å². The van der Waals surface area contributed by atoms with Crippen LogP contribution in [0.1, 0.15) is 55.7 Å². The maximum Gasteiger partial charge on any atom is 0.00682 e. The first-order valence-corrected chi connectivity index (χ1v) is 6.99. The molecule has 1 saturated carbocycles. The summed E-state index contributed by atoms with van der Waals surface area (Å²) >= 11 is 0. The standard InChI is InChI=1S/C16H25N/c1-12(2)14-7-6-13(3)15(11-14)5-4-10-17-16-8-9-16/h6-7,11-12,16-17H,4-5,8-10H2,1-3H3. The van der Waals surface area contributed by atoms with Gasteiger partial charge in [0.2, 0.25) is 0 Å². The molecule has 0 heterocycles. The molecule has 17 heavy (non-hydrogen) atoms. The van der Waals surface area contributed by atoms with E-state index in [1.165, 1.54) is 48.9 Å². The Kier molecular flexibility index (Phi) is 4.22. The third kappa shape index (κ3) is 3.85. The molecular formula is C16H25N. The molecule has 0 amide bonds. The Labute approximate surface area is 106 Å². The Morgan fingerprint density at radius 3 is 2.71 bits per heavy atom. The Morgan fingerprint density at radius 2 is 2.06 bits per heavy atom. The number of benzene rings is 1. The van der Waals surface area contributed by atoms with E-state index in [2.05, 4.69) is 44.3 Å². The average Bonchev–Trinajstić information content (AvgIpc) is 3.10. The van der Waals surface area contributed by atoms with E-state index in [0.717, 1.165) is 6.04 Å². The summed E-state index contributed by atoms with van der Waals surface area (Å²) in [6.07, 6.45) is 5.26. The SMILES string of the molecule is Cc1ccc(C(C)C)cc1CCCNC1CC1. The fourth-order valence-corrected chi connectivity index (χ4v) is 2.19. The smallest absolute Gasteiger partial charge is 0.00682 e. The van der Waals surface area contributed by atoms with Crippen LogP contribution >= 0.6 is 0 Å². The molecule has 1 fully saturated rings. The predicted molar refractivity (Wildman–Crippen MR) is 74.6 cm³/mol. The Bertz CT molecular complexity index is 364. The molecule has 0 spiro atoms. The topological polar surface area (TPSA) is 12.0 Å². The molecule has 0 atom stereocenters. The molecule has 1 N–H and O–H groups in total. The molecule has 0 aromatic heterocycles. The first-order chi connectivity index (χ1) is 8.16. The van der Waals surface area contributed by atoms with E-state index in [1.54, 1.807) is 0 Å². The van der Waals surface area contributed by atoms with Gasteiger partial charge in [0.15, 0.2) is 0 Å². The van der Waals surface area contributed by atoms with Gasteiger partial charge in [-0.1, -0.05) is 32.0 Å². The van der Waals surface area contributed by atoms with Gasteiger partial charge in [0.05, 0.1) is 0 Å². The van der Waals surface area contributed by atoms with Gasteiger partial charge in [-0.3, -0.25) is 0 Å². The molecule has 0 aliphatic heterocycles. The van der Waals surface area contributed by atoms with E-state index in [-0.39, 0.29) is 0 Å². The number of rotatable bonds is 6.